The van der Waals surface area contributed by atoms with Crippen molar-refractivity contribution in [3.8, 4) is 50.2 Å². The van der Waals surface area contributed by atoms with Crippen LogP contribution in [0.1, 0.15) is 0 Å². The Morgan fingerprint density at radius 2 is 0.797 bits per heavy atom. The molecule has 2 nitrogen and oxygen atoms in total. The Kier molecular flexibility index (Phi) is 9.20. The second-order valence-electron chi connectivity index (χ2n) is 16.5. The van der Waals surface area contributed by atoms with Gasteiger partial charge in [-0.3, -0.25) is 0 Å². The van der Waals surface area contributed by atoms with Crippen LogP contribution in [0.4, 0.5) is 17.1 Å². The molecule has 11 aromatic carbocycles. The predicted molar refractivity (Wildman–Crippen MR) is 272 cm³/mol. The number of rotatable bonds is 8. The maximum Gasteiger partial charge on any atom is 0.0547 e. The molecule has 0 spiro atoms. The van der Waals surface area contributed by atoms with E-state index in [0.717, 1.165) is 28.3 Å². The number of anilines is 3. The topological polar surface area (TPSA) is 8.17 Å². The van der Waals surface area contributed by atoms with E-state index in [9.17, 15) is 0 Å². The first kappa shape index (κ1) is 37.3. The second kappa shape index (κ2) is 15.8. The van der Waals surface area contributed by atoms with Gasteiger partial charge >= 0.3 is 0 Å². The maximum absolute atomic E-state index is 2.45. The highest BCUT2D eigenvalue weighted by Crippen LogP contribution is 2.44. The summed E-state index contributed by atoms with van der Waals surface area (Å²) in [5.41, 5.74) is 16.3. The number of aromatic nitrogens is 1. The smallest absolute Gasteiger partial charge is 0.0547 e. The van der Waals surface area contributed by atoms with Crippen molar-refractivity contribution >= 4 is 60.4 Å². The molecule has 0 atom stereocenters. The molecule has 12 aromatic rings. The van der Waals surface area contributed by atoms with Crippen molar-refractivity contribution in [1.82, 2.24) is 4.57 Å². The zero-order valence-corrected chi connectivity index (χ0v) is 35.1. The van der Waals surface area contributed by atoms with Gasteiger partial charge in [-0.2, -0.15) is 0 Å². The maximum atomic E-state index is 2.45. The Morgan fingerprint density at radius 1 is 0.266 bits per heavy atom. The lowest BCUT2D eigenvalue weighted by molar-refractivity contribution is 1.18. The van der Waals surface area contributed by atoms with Crippen molar-refractivity contribution in [2.24, 2.45) is 0 Å². The molecule has 0 fully saturated rings. The van der Waals surface area contributed by atoms with Gasteiger partial charge in [0.05, 0.1) is 16.7 Å². The molecule has 1 heterocycles. The van der Waals surface area contributed by atoms with Gasteiger partial charge < -0.3 is 9.47 Å². The Hall–Kier alpha value is -8.46. The summed E-state index contributed by atoms with van der Waals surface area (Å²) in [5.74, 6) is 0. The fourth-order valence-electron chi connectivity index (χ4n) is 9.72. The molecule has 0 saturated heterocycles. The van der Waals surface area contributed by atoms with Gasteiger partial charge in [0, 0.05) is 33.4 Å². The minimum atomic E-state index is 1.08. The molecule has 0 bridgehead atoms. The molecule has 12 rings (SSSR count). The van der Waals surface area contributed by atoms with E-state index in [-0.39, 0.29) is 0 Å². The zero-order valence-electron chi connectivity index (χ0n) is 35.1. The monoisotopic (exact) mass is 814 g/mol. The van der Waals surface area contributed by atoms with E-state index in [1.165, 1.54) is 82.3 Å². The van der Waals surface area contributed by atoms with Crippen LogP contribution in [0.5, 0.6) is 0 Å². The van der Waals surface area contributed by atoms with E-state index in [0.29, 0.717) is 0 Å². The van der Waals surface area contributed by atoms with E-state index in [1.807, 2.05) is 0 Å². The first-order valence-corrected chi connectivity index (χ1v) is 22.0. The van der Waals surface area contributed by atoms with E-state index in [1.54, 1.807) is 0 Å². The summed E-state index contributed by atoms with van der Waals surface area (Å²) < 4.78 is 2.45. The molecule has 0 radical (unpaired) electrons. The molecule has 0 amide bonds. The van der Waals surface area contributed by atoms with Crippen molar-refractivity contribution in [2.75, 3.05) is 4.90 Å². The van der Waals surface area contributed by atoms with E-state index in [4.69, 9.17) is 0 Å². The zero-order chi connectivity index (χ0) is 42.4. The van der Waals surface area contributed by atoms with Gasteiger partial charge in [0.25, 0.3) is 0 Å². The normalized spacial score (nSPS) is 11.4. The quantitative estimate of drug-likeness (QED) is 0.148. The largest absolute Gasteiger partial charge is 0.310 e. The molecular formula is C62H42N2. The average molecular weight is 815 g/mol. The second-order valence-corrected chi connectivity index (χ2v) is 16.5. The van der Waals surface area contributed by atoms with Crippen molar-refractivity contribution in [1.29, 1.82) is 0 Å². The van der Waals surface area contributed by atoms with Crippen molar-refractivity contribution in [3.05, 3.63) is 255 Å². The van der Waals surface area contributed by atoms with Crippen LogP contribution in [0.2, 0.25) is 0 Å². The Bertz CT molecular complexity index is 3640. The van der Waals surface area contributed by atoms with E-state index < -0.39 is 0 Å². The minimum Gasteiger partial charge on any atom is -0.310 e. The fraction of sp³-hybridized carbons (Fsp3) is 0. The van der Waals surface area contributed by atoms with Gasteiger partial charge in [-0.1, -0.05) is 194 Å². The Labute approximate surface area is 373 Å². The number of nitrogens with zero attached hydrogens (tertiary/aromatic N) is 2. The number of hydrogen-bond acceptors (Lipinski definition) is 1. The van der Waals surface area contributed by atoms with Crippen molar-refractivity contribution in [2.45, 2.75) is 0 Å². The van der Waals surface area contributed by atoms with Gasteiger partial charge in [0.15, 0.2) is 0 Å². The highest BCUT2D eigenvalue weighted by molar-refractivity contribution is 6.21. The SMILES string of the molecule is c1ccc(-c2ccc(N(c3ccc(-c4ccccc4-n4c5ccccc5c5c6ccccc6ccc54)cc3)c3ccc(-c4ccccc4)c(-c4ccc5ccccc5c4)c3)cc2)cc1. The summed E-state index contributed by atoms with van der Waals surface area (Å²) >= 11 is 0. The third kappa shape index (κ3) is 6.52. The van der Waals surface area contributed by atoms with Crippen LogP contribution in [0.15, 0.2) is 255 Å². The summed E-state index contributed by atoms with van der Waals surface area (Å²) in [4.78, 5) is 2.39. The summed E-state index contributed by atoms with van der Waals surface area (Å²) in [7, 11) is 0. The van der Waals surface area contributed by atoms with Crippen molar-refractivity contribution < 1.29 is 0 Å². The highest BCUT2D eigenvalue weighted by Gasteiger charge is 2.20. The molecule has 1 aromatic heterocycles. The van der Waals surface area contributed by atoms with Gasteiger partial charge in [-0.25, -0.2) is 0 Å². The fourth-order valence-corrected chi connectivity index (χ4v) is 9.72. The standard InChI is InChI=1S/C62H42N2/c1-3-15-43(16-4-1)45-29-34-51(35-30-45)63(53-38-39-54(46-18-5-2-6-19-46)58(42-53)50-28-27-44-17-7-8-21-49(44)41-50)52-36-31-48(32-37-52)55-22-11-13-25-59(55)64-60-26-14-12-24-57(60)62-56-23-10-9-20-47(56)33-40-61(62)64/h1-42H. The molecule has 0 aliphatic rings. The predicted octanol–water partition coefficient (Wildman–Crippen LogP) is 17.2. The van der Waals surface area contributed by atoms with Crippen LogP contribution in [0.25, 0.3) is 93.5 Å². The summed E-state index contributed by atoms with van der Waals surface area (Å²) in [5, 5.41) is 7.53. The third-order valence-electron chi connectivity index (χ3n) is 12.8. The third-order valence-corrected chi connectivity index (χ3v) is 12.8. The van der Waals surface area contributed by atoms with E-state index in [2.05, 4.69) is 264 Å². The number of hydrogen-bond donors (Lipinski definition) is 0. The van der Waals surface area contributed by atoms with Crippen LogP contribution in [0.3, 0.4) is 0 Å². The minimum absolute atomic E-state index is 1.08. The lowest BCUT2D eigenvalue weighted by atomic mass is 9.92. The van der Waals surface area contributed by atoms with Crippen LogP contribution in [0, 0.1) is 0 Å². The lowest BCUT2D eigenvalue weighted by Gasteiger charge is -2.27. The molecule has 0 unspecified atom stereocenters. The molecular weight excluding hydrogens is 773 g/mol. The van der Waals surface area contributed by atoms with Crippen molar-refractivity contribution in [3.63, 3.8) is 0 Å². The van der Waals surface area contributed by atoms with E-state index >= 15 is 0 Å². The summed E-state index contributed by atoms with van der Waals surface area (Å²) in [6.45, 7) is 0. The number of para-hydroxylation sites is 2. The molecule has 2 heteroatoms. The number of fused-ring (bicyclic) bond motifs is 6. The number of benzene rings is 11. The Morgan fingerprint density at radius 3 is 1.56 bits per heavy atom. The molecule has 0 saturated carbocycles. The first-order valence-electron chi connectivity index (χ1n) is 22.0. The molecule has 64 heavy (non-hydrogen) atoms. The molecule has 0 N–H and O–H groups in total. The van der Waals surface area contributed by atoms with Crippen LogP contribution < -0.4 is 4.90 Å². The molecule has 0 aliphatic carbocycles. The van der Waals surface area contributed by atoms with Gasteiger partial charge in [-0.15, -0.1) is 0 Å². The van der Waals surface area contributed by atoms with Crippen LogP contribution in [-0.4, -0.2) is 4.57 Å². The highest BCUT2D eigenvalue weighted by atomic mass is 15.1. The van der Waals surface area contributed by atoms with Crippen LogP contribution in [-0.2, 0) is 0 Å². The van der Waals surface area contributed by atoms with Gasteiger partial charge in [-0.05, 0) is 121 Å². The van der Waals surface area contributed by atoms with Crippen LogP contribution >= 0.6 is 0 Å². The lowest BCUT2D eigenvalue weighted by Crippen LogP contribution is -2.10. The Balaban J connectivity index is 1.01. The molecule has 300 valence electrons. The van der Waals surface area contributed by atoms with Gasteiger partial charge in [0.1, 0.15) is 0 Å². The van der Waals surface area contributed by atoms with Gasteiger partial charge in [0.2, 0.25) is 0 Å². The molecule has 0 aliphatic heterocycles. The summed E-state index contributed by atoms with van der Waals surface area (Å²) in [6, 6.07) is 92.7. The average Bonchev–Trinajstić information content (AvgIpc) is 3.72. The first-order chi connectivity index (χ1) is 31.7. The summed E-state index contributed by atoms with van der Waals surface area (Å²) in [6.07, 6.45) is 0.